The number of nitrogens with zero attached hydrogens (tertiary/aromatic N) is 3. The standard InChI is InChI=1S/C42H33N3/c1-26-12-16-28(17-13-26)39-43-40(29-18-14-27(2)15-19-29)45-41(44-39)33-23-21-30-24-32(22-20-31(30)25-33)34-9-7-11-37-38(34)35-8-5-6-10-36(35)42(37,3)4/h5-25H,1-4H3. The van der Waals surface area contributed by atoms with E-state index in [1.165, 1.54) is 49.9 Å². The highest BCUT2D eigenvalue weighted by atomic mass is 15.0. The lowest BCUT2D eigenvalue weighted by Crippen LogP contribution is -2.14. The molecule has 0 bridgehead atoms. The largest absolute Gasteiger partial charge is 0.208 e. The molecule has 0 amide bonds. The van der Waals surface area contributed by atoms with Gasteiger partial charge in [-0.15, -0.1) is 0 Å². The van der Waals surface area contributed by atoms with Crippen LogP contribution in [-0.2, 0) is 5.41 Å². The predicted molar refractivity (Wildman–Crippen MR) is 186 cm³/mol. The van der Waals surface area contributed by atoms with Crippen LogP contribution in [0.25, 0.3) is 67.2 Å². The molecule has 1 heterocycles. The normalized spacial score (nSPS) is 13.1. The molecule has 7 aromatic rings. The van der Waals surface area contributed by atoms with E-state index in [1.807, 2.05) is 0 Å². The molecule has 1 aliphatic rings. The third-order valence-electron chi connectivity index (χ3n) is 9.27. The van der Waals surface area contributed by atoms with Crippen LogP contribution in [0.2, 0.25) is 0 Å². The van der Waals surface area contributed by atoms with Gasteiger partial charge in [-0.25, -0.2) is 15.0 Å². The van der Waals surface area contributed by atoms with Crippen LogP contribution in [0.15, 0.2) is 127 Å². The minimum atomic E-state index is -0.0207. The van der Waals surface area contributed by atoms with Crippen molar-refractivity contribution in [3.05, 3.63) is 150 Å². The maximum Gasteiger partial charge on any atom is 0.164 e. The minimum absolute atomic E-state index is 0.0207. The molecule has 0 atom stereocenters. The first-order valence-electron chi connectivity index (χ1n) is 15.5. The summed E-state index contributed by atoms with van der Waals surface area (Å²) in [6.07, 6.45) is 0. The fraction of sp³-hybridized carbons (Fsp3) is 0.119. The zero-order chi connectivity index (χ0) is 30.7. The van der Waals surface area contributed by atoms with E-state index in [-0.39, 0.29) is 5.41 Å². The molecule has 0 unspecified atom stereocenters. The molecule has 0 N–H and O–H groups in total. The van der Waals surface area contributed by atoms with Gasteiger partial charge in [0.05, 0.1) is 0 Å². The van der Waals surface area contributed by atoms with Crippen molar-refractivity contribution in [2.24, 2.45) is 0 Å². The lowest BCUT2D eigenvalue weighted by molar-refractivity contribution is 0.660. The molecule has 1 aliphatic carbocycles. The van der Waals surface area contributed by atoms with Crippen molar-refractivity contribution in [2.75, 3.05) is 0 Å². The smallest absolute Gasteiger partial charge is 0.164 e. The van der Waals surface area contributed by atoms with Crippen LogP contribution in [0, 0.1) is 13.8 Å². The molecule has 0 fully saturated rings. The van der Waals surface area contributed by atoms with Gasteiger partial charge in [0.2, 0.25) is 0 Å². The minimum Gasteiger partial charge on any atom is -0.208 e. The summed E-state index contributed by atoms with van der Waals surface area (Å²) in [5.74, 6) is 2.01. The second kappa shape index (κ2) is 10.3. The summed E-state index contributed by atoms with van der Waals surface area (Å²) in [4.78, 5) is 14.8. The molecule has 216 valence electrons. The Hall–Kier alpha value is -5.41. The number of rotatable bonds is 4. The first-order valence-corrected chi connectivity index (χ1v) is 15.5. The number of hydrogen-bond acceptors (Lipinski definition) is 3. The van der Waals surface area contributed by atoms with Crippen molar-refractivity contribution >= 4 is 10.8 Å². The average molecular weight is 580 g/mol. The number of hydrogen-bond donors (Lipinski definition) is 0. The average Bonchev–Trinajstić information content (AvgIpc) is 3.31. The summed E-state index contributed by atoms with van der Waals surface area (Å²) >= 11 is 0. The first kappa shape index (κ1) is 27.2. The molecule has 0 spiro atoms. The van der Waals surface area contributed by atoms with Gasteiger partial charge >= 0.3 is 0 Å². The van der Waals surface area contributed by atoms with Crippen LogP contribution in [0.3, 0.4) is 0 Å². The van der Waals surface area contributed by atoms with E-state index < -0.39 is 0 Å². The van der Waals surface area contributed by atoms with Gasteiger partial charge in [-0.3, -0.25) is 0 Å². The number of aryl methyl sites for hydroxylation is 2. The van der Waals surface area contributed by atoms with E-state index in [4.69, 9.17) is 15.0 Å². The second-order valence-corrected chi connectivity index (χ2v) is 12.7. The monoisotopic (exact) mass is 579 g/mol. The lowest BCUT2D eigenvalue weighted by atomic mass is 9.82. The number of benzene rings is 6. The van der Waals surface area contributed by atoms with Crippen molar-refractivity contribution in [1.82, 2.24) is 15.0 Å². The number of aromatic nitrogens is 3. The molecule has 3 nitrogen and oxygen atoms in total. The molecule has 0 radical (unpaired) electrons. The van der Waals surface area contributed by atoms with E-state index in [0.29, 0.717) is 17.5 Å². The maximum atomic E-state index is 4.97. The van der Waals surface area contributed by atoms with Gasteiger partial charge < -0.3 is 0 Å². The van der Waals surface area contributed by atoms with Gasteiger partial charge in [0.25, 0.3) is 0 Å². The lowest BCUT2D eigenvalue weighted by Gasteiger charge is -2.21. The molecule has 8 rings (SSSR count). The van der Waals surface area contributed by atoms with E-state index in [2.05, 4.69) is 155 Å². The summed E-state index contributed by atoms with van der Waals surface area (Å²) < 4.78 is 0. The van der Waals surface area contributed by atoms with Crippen molar-refractivity contribution in [1.29, 1.82) is 0 Å². The van der Waals surface area contributed by atoms with E-state index in [1.54, 1.807) is 0 Å². The van der Waals surface area contributed by atoms with Crippen LogP contribution >= 0.6 is 0 Å². The molecule has 1 aromatic heterocycles. The third kappa shape index (κ3) is 4.63. The van der Waals surface area contributed by atoms with Crippen molar-refractivity contribution in [3.63, 3.8) is 0 Å². The van der Waals surface area contributed by atoms with Crippen molar-refractivity contribution in [3.8, 4) is 56.4 Å². The van der Waals surface area contributed by atoms with Crippen LogP contribution in [0.1, 0.15) is 36.1 Å². The van der Waals surface area contributed by atoms with E-state index in [9.17, 15) is 0 Å². The Kier molecular flexibility index (Phi) is 6.25. The van der Waals surface area contributed by atoms with Gasteiger partial charge in [-0.05, 0) is 70.1 Å². The van der Waals surface area contributed by atoms with Crippen LogP contribution in [0.5, 0.6) is 0 Å². The Morgan fingerprint density at radius 3 is 1.51 bits per heavy atom. The third-order valence-corrected chi connectivity index (χ3v) is 9.27. The highest BCUT2D eigenvalue weighted by Crippen LogP contribution is 2.52. The van der Waals surface area contributed by atoms with Gasteiger partial charge in [0, 0.05) is 22.1 Å². The maximum absolute atomic E-state index is 4.97. The van der Waals surface area contributed by atoms with Crippen molar-refractivity contribution < 1.29 is 0 Å². The topological polar surface area (TPSA) is 38.7 Å². The Labute approximate surface area is 264 Å². The first-order chi connectivity index (χ1) is 21.8. The highest BCUT2D eigenvalue weighted by molar-refractivity contribution is 5.96. The molecule has 45 heavy (non-hydrogen) atoms. The summed E-state index contributed by atoms with van der Waals surface area (Å²) in [5.41, 5.74) is 13.3. The fourth-order valence-corrected chi connectivity index (χ4v) is 6.72. The van der Waals surface area contributed by atoms with Crippen LogP contribution in [-0.4, -0.2) is 15.0 Å². The van der Waals surface area contributed by atoms with Gasteiger partial charge in [0.15, 0.2) is 17.5 Å². The van der Waals surface area contributed by atoms with E-state index >= 15 is 0 Å². The Morgan fingerprint density at radius 2 is 0.889 bits per heavy atom. The molecular weight excluding hydrogens is 546 g/mol. The van der Waals surface area contributed by atoms with Crippen LogP contribution < -0.4 is 0 Å². The zero-order valence-electron chi connectivity index (χ0n) is 26.0. The SMILES string of the molecule is Cc1ccc(-c2nc(-c3ccc(C)cc3)nc(-c3ccc4cc(-c5cccc6c5-c5ccccc5C6(C)C)ccc4c3)n2)cc1. The van der Waals surface area contributed by atoms with Gasteiger partial charge in [0.1, 0.15) is 0 Å². The van der Waals surface area contributed by atoms with Crippen molar-refractivity contribution in [2.45, 2.75) is 33.1 Å². The summed E-state index contributed by atoms with van der Waals surface area (Å²) in [5, 5.41) is 2.34. The summed E-state index contributed by atoms with van der Waals surface area (Å²) in [6.45, 7) is 8.84. The van der Waals surface area contributed by atoms with Gasteiger partial charge in [-0.2, -0.15) is 0 Å². The molecule has 0 aliphatic heterocycles. The zero-order valence-corrected chi connectivity index (χ0v) is 26.0. The highest BCUT2D eigenvalue weighted by Gasteiger charge is 2.36. The molecule has 0 saturated carbocycles. The molecule has 3 heteroatoms. The second-order valence-electron chi connectivity index (χ2n) is 12.7. The fourth-order valence-electron chi connectivity index (χ4n) is 6.72. The molecule has 0 saturated heterocycles. The Morgan fingerprint density at radius 1 is 0.422 bits per heavy atom. The quantitative estimate of drug-likeness (QED) is 0.208. The molecule has 6 aromatic carbocycles. The number of fused-ring (bicyclic) bond motifs is 4. The molecular formula is C42H33N3. The van der Waals surface area contributed by atoms with Crippen LogP contribution in [0.4, 0.5) is 0 Å². The Balaban J connectivity index is 1.23. The van der Waals surface area contributed by atoms with Gasteiger partial charge in [-0.1, -0.05) is 140 Å². The van der Waals surface area contributed by atoms with E-state index in [0.717, 1.165) is 22.1 Å². The summed E-state index contributed by atoms with van der Waals surface area (Å²) in [7, 11) is 0. The Bertz CT molecular complexity index is 2180. The predicted octanol–water partition coefficient (Wildman–Crippen LogP) is 10.6. The summed E-state index contributed by atoms with van der Waals surface area (Å²) in [6, 6.07) is 45.6.